The van der Waals surface area contributed by atoms with Gasteiger partial charge in [0.15, 0.2) is 0 Å². The summed E-state index contributed by atoms with van der Waals surface area (Å²) in [6.45, 7) is 2.51. The number of fused-ring (bicyclic) bond motifs is 1. The molecule has 1 aliphatic carbocycles. The van der Waals surface area contributed by atoms with Gasteiger partial charge in [-0.25, -0.2) is 4.68 Å². The molecular formula is C20H27ClN4O. The zero-order chi connectivity index (χ0) is 17.1. The highest BCUT2D eigenvalue weighted by atomic mass is 35.5. The van der Waals surface area contributed by atoms with E-state index < -0.39 is 0 Å². The standard InChI is InChI=1S/C20H26N4O.ClH/c25-19(20-10-5-4-6-17(20)13-21-15-20)22-11-9-16-12-23-24(14-16)18-7-2-1-3-8-18;/h1-3,7-8,12,14,17,21H,4-6,9-11,13,15H2,(H,22,25);1H/t17-,20+;/m0./s1. The number of halogens is 1. The van der Waals surface area contributed by atoms with Gasteiger partial charge in [0, 0.05) is 19.3 Å². The second-order valence-corrected chi connectivity index (χ2v) is 7.36. The summed E-state index contributed by atoms with van der Waals surface area (Å²) in [5, 5.41) is 11.1. The van der Waals surface area contributed by atoms with Gasteiger partial charge in [-0.1, -0.05) is 31.0 Å². The highest BCUT2D eigenvalue weighted by Gasteiger charge is 2.49. The molecule has 1 aromatic carbocycles. The zero-order valence-corrected chi connectivity index (χ0v) is 15.8. The average molecular weight is 375 g/mol. The van der Waals surface area contributed by atoms with E-state index in [-0.39, 0.29) is 23.7 Å². The smallest absolute Gasteiger partial charge is 0.227 e. The molecule has 6 heteroatoms. The first kappa shape index (κ1) is 18.9. The highest BCUT2D eigenvalue weighted by Crippen LogP contribution is 2.43. The molecular weight excluding hydrogens is 348 g/mol. The normalized spacial score (nSPS) is 24.5. The van der Waals surface area contributed by atoms with E-state index in [1.165, 1.54) is 19.3 Å². The monoisotopic (exact) mass is 374 g/mol. The Hall–Kier alpha value is -1.85. The fourth-order valence-electron chi connectivity index (χ4n) is 4.40. The van der Waals surface area contributed by atoms with Crippen molar-refractivity contribution in [2.75, 3.05) is 19.6 Å². The number of amides is 1. The lowest BCUT2D eigenvalue weighted by Gasteiger charge is -2.37. The number of aromatic nitrogens is 2. The largest absolute Gasteiger partial charge is 0.355 e. The van der Waals surface area contributed by atoms with Crippen LogP contribution in [-0.2, 0) is 11.2 Å². The van der Waals surface area contributed by atoms with Gasteiger partial charge in [-0.15, -0.1) is 12.4 Å². The molecule has 0 spiro atoms. The summed E-state index contributed by atoms with van der Waals surface area (Å²) >= 11 is 0. The number of nitrogens with zero attached hydrogens (tertiary/aromatic N) is 2. The number of benzene rings is 1. The summed E-state index contributed by atoms with van der Waals surface area (Å²) in [5.41, 5.74) is 2.04. The Labute approximate surface area is 161 Å². The van der Waals surface area contributed by atoms with E-state index in [0.29, 0.717) is 12.5 Å². The van der Waals surface area contributed by atoms with Crippen LogP contribution < -0.4 is 10.6 Å². The van der Waals surface area contributed by atoms with Crippen LogP contribution >= 0.6 is 12.4 Å². The summed E-state index contributed by atoms with van der Waals surface area (Å²) < 4.78 is 1.88. The fraction of sp³-hybridized carbons (Fsp3) is 0.500. The van der Waals surface area contributed by atoms with Crippen LogP contribution in [0.25, 0.3) is 5.69 Å². The van der Waals surface area contributed by atoms with Crippen LogP contribution in [0, 0.1) is 11.3 Å². The van der Waals surface area contributed by atoms with Crippen molar-refractivity contribution in [1.29, 1.82) is 0 Å². The molecule has 2 aromatic rings. The predicted molar refractivity (Wildman–Crippen MR) is 105 cm³/mol. The number of carbonyl (C=O) groups is 1. The van der Waals surface area contributed by atoms with E-state index in [1.807, 2.05) is 47.4 Å². The van der Waals surface area contributed by atoms with Crippen molar-refractivity contribution in [3.63, 3.8) is 0 Å². The number of hydrogen-bond donors (Lipinski definition) is 2. The van der Waals surface area contributed by atoms with Gasteiger partial charge in [0.1, 0.15) is 0 Å². The van der Waals surface area contributed by atoms with E-state index in [2.05, 4.69) is 15.7 Å². The molecule has 2 heterocycles. The molecule has 1 saturated heterocycles. The lowest BCUT2D eigenvalue weighted by molar-refractivity contribution is -0.133. The Bertz CT molecular complexity index is 732. The van der Waals surface area contributed by atoms with E-state index in [9.17, 15) is 4.79 Å². The lowest BCUT2D eigenvalue weighted by atomic mass is 9.67. The van der Waals surface area contributed by atoms with Gasteiger partial charge < -0.3 is 10.6 Å². The molecule has 4 rings (SSSR count). The molecule has 0 unspecified atom stereocenters. The Morgan fingerprint density at radius 2 is 2.15 bits per heavy atom. The van der Waals surface area contributed by atoms with Crippen LogP contribution in [0.2, 0.25) is 0 Å². The molecule has 0 radical (unpaired) electrons. The SMILES string of the molecule is Cl.O=C(NCCc1cnn(-c2ccccc2)c1)[C@@]12CCCC[C@H]1CNC2. The number of rotatable bonds is 5. The molecule has 2 N–H and O–H groups in total. The first-order chi connectivity index (χ1) is 12.3. The van der Waals surface area contributed by atoms with Crippen molar-refractivity contribution < 1.29 is 4.79 Å². The van der Waals surface area contributed by atoms with Gasteiger partial charge in [0.2, 0.25) is 5.91 Å². The maximum absolute atomic E-state index is 12.8. The van der Waals surface area contributed by atoms with E-state index in [4.69, 9.17) is 0 Å². The quantitative estimate of drug-likeness (QED) is 0.846. The molecule has 1 saturated carbocycles. The Morgan fingerprint density at radius 1 is 1.31 bits per heavy atom. The Kier molecular flexibility index (Phi) is 5.99. The maximum atomic E-state index is 12.8. The highest BCUT2D eigenvalue weighted by molar-refractivity contribution is 5.85. The second-order valence-electron chi connectivity index (χ2n) is 7.36. The molecule has 2 fully saturated rings. The van der Waals surface area contributed by atoms with Crippen molar-refractivity contribution in [2.45, 2.75) is 32.1 Å². The summed E-state index contributed by atoms with van der Waals surface area (Å²) in [7, 11) is 0. The lowest BCUT2D eigenvalue weighted by Crippen LogP contribution is -2.48. The van der Waals surface area contributed by atoms with Gasteiger partial charge in [-0.3, -0.25) is 4.79 Å². The third-order valence-electron chi connectivity index (χ3n) is 5.85. The van der Waals surface area contributed by atoms with E-state index in [0.717, 1.165) is 37.2 Å². The molecule has 0 bridgehead atoms. The van der Waals surface area contributed by atoms with Crippen LogP contribution in [-0.4, -0.2) is 35.3 Å². The Balaban J connectivity index is 0.00000196. The first-order valence-corrected chi connectivity index (χ1v) is 9.36. The second kappa shape index (κ2) is 8.23. The van der Waals surface area contributed by atoms with Crippen LogP contribution in [0.1, 0.15) is 31.2 Å². The molecule has 5 nitrogen and oxygen atoms in total. The maximum Gasteiger partial charge on any atom is 0.227 e. The molecule has 2 aliphatic rings. The zero-order valence-electron chi connectivity index (χ0n) is 15.0. The molecule has 2 atom stereocenters. The third kappa shape index (κ3) is 3.64. The third-order valence-corrected chi connectivity index (χ3v) is 5.85. The molecule has 140 valence electrons. The van der Waals surface area contributed by atoms with Crippen LogP contribution in [0.5, 0.6) is 0 Å². The predicted octanol–water partition coefficient (Wildman–Crippen LogP) is 2.73. The summed E-state index contributed by atoms with van der Waals surface area (Å²) in [4.78, 5) is 12.8. The molecule has 1 aliphatic heterocycles. The van der Waals surface area contributed by atoms with Crippen LogP contribution in [0.4, 0.5) is 0 Å². The average Bonchev–Trinajstić information content (AvgIpc) is 3.30. The topological polar surface area (TPSA) is 59.0 Å². The van der Waals surface area contributed by atoms with E-state index >= 15 is 0 Å². The number of hydrogen-bond acceptors (Lipinski definition) is 3. The Morgan fingerprint density at radius 3 is 3.00 bits per heavy atom. The summed E-state index contributed by atoms with van der Waals surface area (Å²) in [5.74, 6) is 0.764. The summed E-state index contributed by atoms with van der Waals surface area (Å²) in [6, 6.07) is 10.1. The number of para-hydroxylation sites is 1. The molecule has 1 aromatic heterocycles. The number of nitrogens with one attached hydrogen (secondary N) is 2. The van der Waals surface area contributed by atoms with Crippen LogP contribution in [0.3, 0.4) is 0 Å². The van der Waals surface area contributed by atoms with Gasteiger partial charge in [-0.05, 0) is 49.4 Å². The molecule has 1 amide bonds. The van der Waals surface area contributed by atoms with Crippen molar-refractivity contribution >= 4 is 18.3 Å². The molecule has 26 heavy (non-hydrogen) atoms. The van der Waals surface area contributed by atoms with Gasteiger partial charge in [-0.2, -0.15) is 5.10 Å². The van der Waals surface area contributed by atoms with Crippen LogP contribution in [0.15, 0.2) is 42.7 Å². The van der Waals surface area contributed by atoms with Gasteiger partial charge in [0.25, 0.3) is 0 Å². The van der Waals surface area contributed by atoms with Crippen molar-refractivity contribution in [3.05, 3.63) is 48.3 Å². The van der Waals surface area contributed by atoms with Crippen molar-refractivity contribution in [1.82, 2.24) is 20.4 Å². The minimum atomic E-state index is -0.160. The van der Waals surface area contributed by atoms with Gasteiger partial charge in [0.05, 0.1) is 17.3 Å². The fourth-order valence-corrected chi connectivity index (χ4v) is 4.40. The van der Waals surface area contributed by atoms with Crippen molar-refractivity contribution in [2.24, 2.45) is 11.3 Å². The minimum Gasteiger partial charge on any atom is -0.355 e. The number of carbonyl (C=O) groups excluding carboxylic acids is 1. The van der Waals surface area contributed by atoms with Crippen molar-refractivity contribution in [3.8, 4) is 5.69 Å². The minimum absolute atomic E-state index is 0. The van der Waals surface area contributed by atoms with E-state index in [1.54, 1.807) is 0 Å². The summed E-state index contributed by atoms with van der Waals surface area (Å²) in [6.07, 6.45) is 9.40. The first-order valence-electron chi connectivity index (χ1n) is 9.36. The van der Waals surface area contributed by atoms with Gasteiger partial charge >= 0.3 is 0 Å².